The lowest BCUT2D eigenvalue weighted by Crippen LogP contribution is -2.40. The molecule has 0 radical (unpaired) electrons. The summed E-state index contributed by atoms with van der Waals surface area (Å²) >= 11 is 0. The Morgan fingerprint density at radius 3 is 1.43 bits per heavy atom. The molecule has 3 unspecified atom stereocenters. The number of Topliss-reactive ketones (excluding diaryl/α,β-unsaturated/α-hetero) is 2. The fourth-order valence-corrected chi connectivity index (χ4v) is 4.74. The van der Waals surface area contributed by atoms with E-state index < -0.39 is 35.4 Å². The van der Waals surface area contributed by atoms with Crippen LogP contribution < -0.4 is 43.4 Å². The van der Waals surface area contributed by atoms with Crippen LogP contribution >= 0.6 is 0 Å². The molecule has 0 aromatic rings. The van der Waals surface area contributed by atoms with Gasteiger partial charge in [0.2, 0.25) is 23.6 Å². The molecule has 46 heavy (non-hydrogen) atoms. The zero-order chi connectivity index (χ0) is 34.6. The maximum absolute atomic E-state index is 13.4. The first-order valence-electron chi connectivity index (χ1n) is 17.1. The first kappa shape index (κ1) is 43.1. The molecule has 0 spiro atoms. The van der Waals surface area contributed by atoms with E-state index in [2.05, 4.69) is 31.9 Å². The summed E-state index contributed by atoms with van der Waals surface area (Å²) in [5, 5.41) is 17.3. The molecule has 0 rings (SSSR count). The number of hydrogen-bond acceptors (Lipinski definition) is 10. The van der Waals surface area contributed by atoms with Crippen LogP contribution in [0.2, 0.25) is 0 Å². The summed E-state index contributed by atoms with van der Waals surface area (Å²) < 4.78 is 0. The molecule has 3 atom stereocenters. The van der Waals surface area contributed by atoms with E-state index in [-0.39, 0.29) is 56.2 Å². The van der Waals surface area contributed by atoms with Crippen molar-refractivity contribution in [3.63, 3.8) is 0 Å². The third-order valence-corrected chi connectivity index (χ3v) is 7.50. The highest BCUT2D eigenvalue weighted by molar-refractivity contribution is 5.95. The van der Waals surface area contributed by atoms with E-state index in [9.17, 15) is 28.8 Å². The molecule has 266 valence electrons. The Labute approximate surface area is 275 Å². The average Bonchev–Trinajstić information content (AvgIpc) is 3.02. The predicted octanol–water partition coefficient (Wildman–Crippen LogP) is -0.505. The molecule has 0 fully saturated rings. The lowest BCUT2D eigenvalue weighted by atomic mass is 9.85. The smallest absolute Gasteiger partial charge is 0.224 e. The minimum atomic E-state index is -0.974. The Morgan fingerprint density at radius 1 is 0.500 bits per heavy atom. The molecule has 0 saturated heterocycles. The molecule has 0 aromatic heterocycles. The summed E-state index contributed by atoms with van der Waals surface area (Å²) in [6.07, 6.45) is 2.92. The van der Waals surface area contributed by atoms with E-state index in [0.29, 0.717) is 65.3 Å². The lowest BCUT2D eigenvalue weighted by Gasteiger charge is -2.21. The molecule has 0 aliphatic heterocycles. The highest BCUT2D eigenvalue weighted by atomic mass is 16.2. The van der Waals surface area contributed by atoms with Crippen molar-refractivity contribution in [1.29, 1.82) is 0 Å². The number of carbonyl (C=O) groups is 6. The van der Waals surface area contributed by atoms with Gasteiger partial charge in [-0.1, -0.05) is 33.6 Å². The predicted molar refractivity (Wildman–Crippen MR) is 180 cm³/mol. The molecule has 14 nitrogen and oxygen atoms in total. The van der Waals surface area contributed by atoms with Crippen LogP contribution in [0.5, 0.6) is 0 Å². The van der Waals surface area contributed by atoms with Crippen molar-refractivity contribution in [2.75, 3.05) is 65.4 Å². The summed E-state index contributed by atoms with van der Waals surface area (Å²) in [6, 6.07) is 0. The Kier molecular flexibility index (Phi) is 26.5. The van der Waals surface area contributed by atoms with Crippen molar-refractivity contribution in [2.45, 2.75) is 85.0 Å². The van der Waals surface area contributed by atoms with Crippen molar-refractivity contribution in [3.05, 3.63) is 0 Å². The van der Waals surface area contributed by atoms with Crippen molar-refractivity contribution in [3.8, 4) is 0 Å². The number of rotatable bonds is 30. The van der Waals surface area contributed by atoms with E-state index in [1.165, 1.54) is 0 Å². The summed E-state index contributed by atoms with van der Waals surface area (Å²) in [5.74, 6) is -4.58. The van der Waals surface area contributed by atoms with E-state index >= 15 is 0 Å². The number of amides is 4. The van der Waals surface area contributed by atoms with Gasteiger partial charge in [0.25, 0.3) is 0 Å². The van der Waals surface area contributed by atoms with Crippen LogP contribution in [0.1, 0.15) is 85.0 Å². The van der Waals surface area contributed by atoms with E-state index in [4.69, 9.17) is 11.5 Å². The second kappa shape index (κ2) is 28.3. The zero-order valence-corrected chi connectivity index (χ0v) is 28.5. The monoisotopic (exact) mass is 654 g/mol. The minimum absolute atomic E-state index is 0.0151. The SMILES string of the molecule is CCCCNC(=O)CC(CC)C(=O)CC(CC(=O)CC(CC(=O)NCCNCCN)C(=O)NCCCC)C(=O)NCCNCCN. The second-order valence-corrected chi connectivity index (χ2v) is 11.6. The summed E-state index contributed by atoms with van der Waals surface area (Å²) in [5.41, 5.74) is 10.9. The first-order chi connectivity index (χ1) is 22.1. The highest BCUT2D eigenvalue weighted by Gasteiger charge is 2.31. The van der Waals surface area contributed by atoms with Gasteiger partial charge in [0.05, 0.1) is 11.8 Å². The number of hydrogen-bond donors (Lipinski definition) is 8. The van der Waals surface area contributed by atoms with Crippen molar-refractivity contribution in [2.24, 2.45) is 29.2 Å². The number of nitrogens with two attached hydrogens (primary N) is 2. The fourth-order valence-electron chi connectivity index (χ4n) is 4.74. The zero-order valence-electron chi connectivity index (χ0n) is 28.5. The van der Waals surface area contributed by atoms with Crippen LogP contribution in [0.15, 0.2) is 0 Å². The maximum atomic E-state index is 13.4. The van der Waals surface area contributed by atoms with Gasteiger partial charge in [-0.2, -0.15) is 0 Å². The summed E-state index contributed by atoms with van der Waals surface area (Å²) in [7, 11) is 0. The second-order valence-electron chi connectivity index (χ2n) is 11.6. The largest absolute Gasteiger partial charge is 0.356 e. The topological polar surface area (TPSA) is 227 Å². The summed E-state index contributed by atoms with van der Waals surface area (Å²) in [4.78, 5) is 77.9. The van der Waals surface area contributed by atoms with Crippen molar-refractivity contribution >= 4 is 35.2 Å². The molecule has 0 aliphatic carbocycles. The van der Waals surface area contributed by atoms with Crippen LogP contribution in [0.4, 0.5) is 0 Å². The van der Waals surface area contributed by atoms with Crippen molar-refractivity contribution in [1.82, 2.24) is 31.9 Å². The highest BCUT2D eigenvalue weighted by Crippen LogP contribution is 2.21. The van der Waals surface area contributed by atoms with Gasteiger partial charge in [0.1, 0.15) is 11.6 Å². The third-order valence-electron chi connectivity index (χ3n) is 7.50. The van der Waals surface area contributed by atoms with E-state index in [1.54, 1.807) is 0 Å². The van der Waals surface area contributed by atoms with Gasteiger partial charge in [-0.3, -0.25) is 28.8 Å². The van der Waals surface area contributed by atoms with Gasteiger partial charge in [-0.15, -0.1) is 0 Å². The molecule has 14 heteroatoms. The van der Waals surface area contributed by atoms with Gasteiger partial charge in [-0.25, -0.2) is 0 Å². The molecule has 0 aliphatic rings. The van der Waals surface area contributed by atoms with Crippen LogP contribution in [0, 0.1) is 17.8 Å². The molecule has 0 bridgehead atoms. The quantitative estimate of drug-likeness (QED) is 0.0463. The summed E-state index contributed by atoms with van der Waals surface area (Å²) in [6.45, 7) is 10.5. The standard InChI is InChI=1S/C32H62N8O6/c1-4-7-11-37-29(43)22-24(6-3)28(42)21-25(31(45)40-18-16-36-14-10-34)19-27(41)20-26(32(46)39-12-8-5-2)23-30(44)38-17-15-35-13-9-33/h24-26,35-36H,4-23,33-34H2,1-3H3,(H,37,43)(H,38,44)(H,39,46)(H,40,45). The minimum Gasteiger partial charge on any atom is -0.356 e. The Balaban J connectivity index is 5.61. The van der Waals surface area contributed by atoms with Gasteiger partial charge < -0.3 is 43.4 Å². The molecule has 0 saturated carbocycles. The molecule has 0 aromatic carbocycles. The number of carbonyl (C=O) groups excluding carboxylic acids is 6. The Bertz CT molecular complexity index is 904. The van der Waals surface area contributed by atoms with Crippen LogP contribution in [-0.4, -0.2) is 101 Å². The normalized spacial score (nSPS) is 12.9. The van der Waals surface area contributed by atoms with Gasteiger partial charge >= 0.3 is 0 Å². The molecular formula is C32H62N8O6. The number of ketones is 2. The van der Waals surface area contributed by atoms with Gasteiger partial charge in [-0.05, 0) is 19.3 Å². The number of unbranched alkanes of at least 4 members (excludes halogenated alkanes) is 2. The lowest BCUT2D eigenvalue weighted by molar-refractivity contribution is -0.136. The average molecular weight is 655 g/mol. The Hall–Kier alpha value is -2.94. The van der Waals surface area contributed by atoms with Crippen LogP contribution in [0.25, 0.3) is 0 Å². The van der Waals surface area contributed by atoms with Gasteiger partial charge in [0, 0.05) is 103 Å². The third kappa shape index (κ3) is 21.7. The molecule has 4 amide bonds. The van der Waals surface area contributed by atoms with Crippen LogP contribution in [0.3, 0.4) is 0 Å². The first-order valence-corrected chi connectivity index (χ1v) is 17.1. The molecular weight excluding hydrogens is 592 g/mol. The molecule has 0 heterocycles. The van der Waals surface area contributed by atoms with Crippen LogP contribution in [-0.2, 0) is 28.8 Å². The number of nitrogens with one attached hydrogen (secondary N) is 6. The van der Waals surface area contributed by atoms with Crippen molar-refractivity contribution < 1.29 is 28.8 Å². The maximum Gasteiger partial charge on any atom is 0.224 e. The van der Waals surface area contributed by atoms with E-state index in [1.807, 2.05) is 20.8 Å². The molecule has 10 N–H and O–H groups in total. The fraction of sp³-hybridized carbons (Fsp3) is 0.812. The van der Waals surface area contributed by atoms with Gasteiger partial charge in [0.15, 0.2) is 0 Å². The Morgan fingerprint density at radius 2 is 0.935 bits per heavy atom. The van der Waals surface area contributed by atoms with E-state index in [0.717, 1.165) is 25.7 Å².